The first-order valence-corrected chi connectivity index (χ1v) is 9.69. The third-order valence-corrected chi connectivity index (χ3v) is 5.85. The van der Waals surface area contributed by atoms with Crippen molar-refractivity contribution >= 4 is 17.4 Å². The Hall–Kier alpha value is -2.98. The topological polar surface area (TPSA) is 76.4 Å². The fourth-order valence-electron chi connectivity index (χ4n) is 4.06. The standard InChI is InChI=1S/C21H24N6O/c1-15-16(2)23-24-20(18(15)14-22)26-12-10-25(11-13-26)19-8-9-27(21(19)28)17-6-4-3-5-7-17/h3-7,19H,8-13H2,1-2H3. The molecule has 2 aliphatic rings. The first kappa shape index (κ1) is 18.4. The summed E-state index contributed by atoms with van der Waals surface area (Å²) in [5.74, 6) is 0.845. The van der Waals surface area contributed by atoms with Gasteiger partial charge in [0.1, 0.15) is 11.6 Å². The number of benzene rings is 1. The molecular weight excluding hydrogens is 352 g/mol. The number of hydrogen-bond acceptors (Lipinski definition) is 6. The van der Waals surface area contributed by atoms with Gasteiger partial charge < -0.3 is 9.80 Å². The molecule has 1 amide bonds. The van der Waals surface area contributed by atoms with Crippen molar-refractivity contribution < 1.29 is 4.79 Å². The summed E-state index contributed by atoms with van der Waals surface area (Å²) in [5.41, 5.74) is 3.25. The molecule has 1 aromatic heterocycles. The number of piperazine rings is 1. The SMILES string of the molecule is Cc1nnc(N2CCN(C3CCN(c4ccccc4)C3=O)CC2)c(C#N)c1C. The summed E-state index contributed by atoms with van der Waals surface area (Å²) in [4.78, 5) is 19.2. The molecule has 0 aliphatic carbocycles. The fraction of sp³-hybridized carbons (Fsp3) is 0.429. The van der Waals surface area contributed by atoms with Crippen LogP contribution in [0.1, 0.15) is 23.2 Å². The molecule has 0 spiro atoms. The van der Waals surface area contributed by atoms with Crippen molar-refractivity contribution in [1.82, 2.24) is 15.1 Å². The average Bonchev–Trinajstić information content (AvgIpc) is 3.12. The average molecular weight is 376 g/mol. The van der Waals surface area contributed by atoms with E-state index in [4.69, 9.17) is 0 Å². The van der Waals surface area contributed by atoms with Crippen LogP contribution < -0.4 is 9.80 Å². The van der Waals surface area contributed by atoms with E-state index in [-0.39, 0.29) is 11.9 Å². The second-order valence-electron chi connectivity index (χ2n) is 7.37. The van der Waals surface area contributed by atoms with E-state index in [1.165, 1.54) is 0 Å². The van der Waals surface area contributed by atoms with Gasteiger partial charge in [-0.3, -0.25) is 9.69 Å². The Morgan fingerprint density at radius 1 is 1.04 bits per heavy atom. The summed E-state index contributed by atoms with van der Waals surface area (Å²) in [6.45, 7) is 7.57. The Kier molecular flexibility index (Phi) is 4.97. The molecule has 28 heavy (non-hydrogen) atoms. The molecule has 2 aromatic rings. The first-order chi connectivity index (χ1) is 13.6. The molecule has 2 aliphatic heterocycles. The monoisotopic (exact) mass is 376 g/mol. The summed E-state index contributed by atoms with van der Waals surface area (Å²) < 4.78 is 0. The first-order valence-electron chi connectivity index (χ1n) is 9.69. The lowest BCUT2D eigenvalue weighted by atomic mass is 10.1. The van der Waals surface area contributed by atoms with Crippen molar-refractivity contribution in [2.45, 2.75) is 26.3 Å². The summed E-state index contributed by atoms with van der Waals surface area (Å²) in [7, 11) is 0. The van der Waals surface area contributed by atoms with Gasteiger partial charge in [-0.05, 0) is 38.0 Å². The summed E-state index contributed by atoms with van der Waals surface area (Å²) in [6, 6.07) is 12.1. The molecule has 0 bridgehead atoms. The van der Waals surface area contributed by atoms with Crippen LogP contribution in [0.3, 0.4) is 0 Å². The highest BCUT2D eigenvalue weighted by molar-refractivity contribution is 5.99. The van der Waals surface area contributed by atoms with Crippen molar-refractivity contribution in [2.75, 3.05) is 42.5 Å². The number of hydrogen-bond donors (Lipinski definition) is 0. The lowest BCUT2D eigenvalue weighted by molar-refractivity contribution is -0.121. The zero-order valence-corrected chi connectivity index (χ0v) is 16.3. The van der Waals surface area contributed by atoms with E-state index in [0.717, 1.165) is 56.1 Å². The van der Waals surface area contributed by atoms with Crippen LogP contribution in [-0.2, 0) is 4.79 Å². The molecule has 0 radical (unpaired) electrons. The van der Waals surface area contributed by atoms with E-state index in [1.54, 1.807) is 0 Å². The predicted molar refractivity (Wildman–Crippen MR) is 107 cm³/mol. The number of carbonyl (C=O) groups excluding carboxylic acids is 1. The number of rotatable bonds is 3. The second kappa shape index (κ2) is 7.56. The van der Waals surface area contributed by atoms with Crippen molar-refractivity contribution in [3.8, 4) is 6.07 Å². The summed E-state index contributed by atoms with van der Waals surface area (Å²) >= 11 is 0. The smallest absolute Gasteiger partial charge is 0.244 e. The molecular formula is C21H24N6O. The molecule has 2 saturated heterocycles. The molecule has 4 rings (SSSR count). The number of nitriles is 1. The van der Waals surface area contributed by atoms with Crippen molar-refractivity contribution in [2.24, 2.45) is 0 Å². The normalized spacial score (nSPS) is 20.5. The Bertz CT molecular complexity index is 914. The molecule has 0 saturated carbocycles. The van der Waals surface area contributed by atoms with Crippen molar-refractivity contribution in [3.05, 3.63) is 47.2 Å². The van der Waals surface area contributed by atoms with E-state index in [0.29, 0.717) is 11.4 Å². The lowest BCUT2D eigenvalue weighted by Gasteiger charge is -2.38. The van der Waals surface area contributed by atoms with Crippen LogP contribution in [0.2, 0.25) is 0 Å². The van der Waals surface area contributed by atoms with Gasteiger partial charge >= 0.3 is 0 Å². The van der Waals surface area contributed by atoms with Crippen LogP contribution in [0.5, 0.6) is 0 Å². The zero-order chi connectivity index (χ0) is 19.7. The largest absolute Gasteiger partial charge is 0.351 e. The quantitative estimate of drug-likeness (QED) is 0.814. The molecule has 1 unspecified atom stereocenters. The van der Waals surface area contributed by atoms with Gasteiger partial charge in [-0.2, -0.15) is 10.4 Å². The van der Waals surface area contributed by atoms with E-state index in [9.17, 15) is 10.1 Å². The maximum Gasteiger partial charge on any atom is 0.244 e. The lowest BCUT2D eigenvalue weighted by Crippen LogP contribution is -2.53. The Balaban J connectivity index is 1.44. The second-order valence-corrected chi connectivity index (χ2v) is 7.37. The number of anilines is 2. The van der Waals surface area contributed by atoms with Crippen molar-refractivity contribution in [1.29, 1.82) is 5.26 Å². The van der Waals surface area contributed by atoms with E-state index in [2.05, 4.69) is 26.1 Å². The van der Waals surface area contributed by atoms with Crippen LogP contribution >= 0.6 is 0 Å². The van der Waals surface area contributed by atoms with Gasteiger partial charge in [-0.25, -0.2) is 0 Å². The highest BCUT2D eigenvalue weighted by atomic mass is 16.2. The maximum atomic E-state index is 12.9. The Morgan fingerprint density at radius 3 is 2.43 bits per heavy atom. The minimum absolute atomic E-state index is 0.0661. The van der Waals surface area contributed by atoms with Gasteiger partial charge in [0.15, 0.2) is 5.82 Å². The van der Waals surface area contributed by atoms with E-state index < -0.39 is 0 Å². The van der Waals surface area contributed by atoms with Gasteiger partial charge in [-0.15, -0.1) is 5.10 Å². The van der Waals surface area contributed by atoms with Gasteiger partial charge in [0.25, 0.3) is 0 Å². The molecule has 3 heterocycles. The third kappa shape index (κ3) is 3.20. The van der Waals surface area contributed by atoms with Crippen LogP contribution in [0.4, 0.5) is 11.5 Å². The molecule has 1 atom stereocenters. The maximum absolute atomic E-state index is 12.9. The van der Waals surface area contributed by atoms with Gasteiger partial charge in [0.2, 0.25) is 5.91 Å². The Morgan fingerprint density at radius 2 is 1.75 bits per heavy atom. The number of carbonyl (C=O) groups is 1. The van der Waals surface area contributed by atoms with Gasteiger partial charge in [-0.1, -0.05) is 18.2 Å². The minimum atomic E-state index is -0.0661. The van der Waals surface area contributed by atoms with Crippen LogP contribution in [0.15, 0.2) is 30.3 Å². The number of aromatic nitrogens is 2. The van der Waals surface area contributed by atoms with Gasteiger partial charge in [0.05, 0.1) is 11.7 Å². The molecule has 7 heteroatoms. The van der Waals surface area contributed by atoms with Gasteiger partial charge in [0, 0.05) is 38.4 Å². The number of aryl methyl sites for hydroxylation is 1. The highest BCUT2D eigenvalue weighted by Gasteiger charge is 2.38. The minimum Gasteiger partial charge on any atom is -0.351 e. The molecule has 1 aromatic carbocycles. The molecule has 7 nitrogen and oxygen atoms in total. The van der Waals surface area contributed by atoms with Crippen LogP contribution in [0.25, 0.3) is 0 Å². The van der Waals surface area contributed by atoms with Crippen LogP contribution in [0, 0.1) is 25.2 Å². The molecule has 144 valence electrons. The number of para-hydroxylation sites is 1. The molecule has 0 N–H and O–H groups in total. The highest BCUT2D eigenvalue weighted by Crippen LogP contribution is 2.27. The number of nitrogens with zero attached hydrogens (tertiary/aromatic N) is 6. The van der Waals surface area contributed by atoms with Crippen molar-refractivity contribution in [3.63, 3.8) is 0 Å². The number of amides is 1. The van der Waals surface area contributed by atoms with E-state index in [1.807, 2.05) is 49.1 Å². The Labute approximate surface area is 165 Å². The zero-order valence-electron chi connectivity index (χ0n) is 16.3. The van der Waals surface area contributed by atoms with Crippen LogP contribution in [-0.4, -0.2) is 59.8 Å². The van der Waals surface area contributed by atoms with E-state index >= 15 is 0 Å². The fourth-order valence-corrected chi connectivity index (χ4v) is 4.06. The summed E-state index contributed by atoms with van der Waals surface area (Å²) in [6.07, 6.45) is 0.848. The predicted octanol–water partition coefficient (Wildman–Crippen LogP) is 1.89. The third-order valence-electron chi connectivity index (χ3n) is 5.85. The molecule has 2 fully saturated rings. The summed E-state index contributed by atoms with van der Waals surface area (Å²) in [5, 5.41) is 18.0.